The minimum absolute atomic E-state index is 0.0197. The molecule has 6 nitrogen and oxygen atoms in total. The van der Waals surface area contributed by atoms with E-state index in [0.29, 0.717) is 12.1 Å². The van der Waals surface area contributed by atoms with Crippen molar-refractivity contribution in [2.45, 2.75) is 50.6 Å². The van der Waals surface area contributed by atoms with Gasteiger partial charge in [0.1, 0.15) is 17.0 Å². The Kier molecular flexibility index (Phi) is 8.23. The highest BCUT2D eigenvalue weighted by Crippen LogP contribution is 2.52. The van der Waals surface area contributed by atoms with Crippen LogP contribution in [-0.2, 0) is 10.2 Å². The first kappa shape index (κ1) is 29.5. The van der Waals surface area contributed by atoms with E-state index < -0.39 is 46.9 Å². The zero-order chi connectivity index (χ0) is 29.4. The van der Waals surface area contributed by atoms with Gasteiger partial charge in [-0.15, -0.1) is 0 Å². The van der Waals surface area contributed by atoms with Crippen molar-refractivity contribution in [1.29, 1.82) is 5.26 Å². The van der Waals surface area contributed by atoms with Crippen LogP contribution in [-0.4, -0.2) is 29.1 Å². The molecule has 4 atom stereocenters. The summed E-state index contributed by atoms with van der Waals surface area (Å²) >= 11 is 12.2. The molecule has 0 spiro atoms. The predicted octanol–water partition coefficient (Wildman–Crippen LogP) is 6.93. The molecule has 1 aliphatic rings. The minimum atomic E-state index is -1.75. The van der Waals surface area contributed by atoms with Crippen LogP contribution in [0.1, 0.15) is 54.6 Å². The number of carboxylic acids is 1. The summed E-state index contributed by atoms with van der Waals surface area (Å²) in [5, 5.41) is 25.9. The van der Waals surface area contributed by atoms with Crippen molar-refractivity contribution < 1.29 is 23.5 Å². The van der Waals surface area contributed by atoms with E-state index in [1.807, 2.05) is 20.8 Å². The molecule has 4 rings (SSSR count). The van der Waals surface area contributed by atoms with Crippen LogP contribution in [0.4, 0.5) is 14.5 Å². The van der Waals surface area contributed by atoms with Gasteiger partial charge in [-0.3, -0.25) is 4.79 Å². The second-order valence-electron chi connectivity index (χ2n) is 11.1. The first-order chi connectivity index (χ1) is 18.8. The van der Waals surface area contributed by atoms with E-state index in [4.69, 9.17) is 23.2 Å². The Morgan fingerprint density at radius 3 is 2.35 bits per heavy atom. The maximum atomic E-state index is 15.7. The Hall–Kier alpha value is -3.51. The Labute approximate surface area is 240 Å². The fourth-order valence-electron chi connectivity index (χ4n) is 5.47. The lowest BCUT2D eigenvalue weighted by Crippen LogP contribution is -2.45. The molecular weight excluding hydrogens is 559 g/mol. The molecule has 1 aliphatic heterocycles. The summed E-state index contributed by atoms with van der Waals surface area (Å²) in [6, 6.07) is 14.1. The average Bonchev–Trinajstić information content (AvgIpc) is 3.19. The fourth-order valence-corrected chi connectivity index (χ4v) is 5.81. The molecule has 40 heavy (non-hydrogen) atoms. The van der Waals surface area contributed by atoms with E-state index in [1.165, 1.54) is 54.6 Å². The van der Waals surface area contributed by atoms with Crippen LogP contribution in [0.5, 0.6) is 0 Å². The molecule has 0 bridgehead atoms. The van der Waals surface area contributed by atoms with Crippen molar-refractivity contribution in [3.8, 4) is 6.07 Å². The zero-order valence-corrected chi connectivity index (χ0v) is 23.4. The zero-order valence-electron chi connectivity index (χ0n) is 21.9. The van der Waals surface area contributed by atoms with Gasteiger partial charge in [0.05, 0.1) is 22.7 Å². The van der Waals surface area contributed by atoms with Crippen LogP contribution < -0.4 is 10.6 Å². The number of anilines is 1. The molecule has 3 aromatic carbocycles. The van der Waals surface area contributed by atoms with Crippen molar-refractivity contribution >= 4 is 40.8 Å². The maximum Gasteiger partial charge on any atom is 0.335 e. The lowest BCUT2D eigenvalue weighted by Gasteiger charge is -2.37. The van der Waals surface area contributed by atoms with Gasteiger partial charge in [-0.05, 0) is 59.9 Å². The molecule has 0 aromatic heterocycles. The van der Waals surface area contributed by atoms with Gasteiger partial charge >= 0.3 is 5.97 Å². The van der Waals surface area contributed by atoms with Crippen LogP contribution in [0.25, 0.3) is 0 Å². The summed E-state index contributed by atoms with van der Waals surface area (Å²) in [5.74, 6) is -4.52. The highest BCUT2D eigenvalue weighted by molar-refractivity contribution is 6.31. The number of nitrogens with zero attached hydrogens (tertiary/aromatic N) is 1. The number of carboxylic acid groups (broad SMARTS) is 1. The number of benzene rings is 3. The Balaban J connectivity index is 1.92. The number of hydrogen-bond donors (Lipinski definition) is 3. The summed E-state index contributed by atoms with van der Waals surface area (Å²) in [5.41, 5.74) is -1.84. The standard InChI is InChI=1S/C30H27Cl2F2N3O3/c1-29(2,3)14-23-30(15-35,20-12-9-17(31)13-22(20)33)24(19-5-4-6-21(32)25(19)34)26(37-23)27(38)36-18-10-7-16(8-11-18)28(39)40/h4-13,23-24,26,37H,14H2,1-3H3,(H,36,38)(H,39,40)/t23-,24-,26+,30-/m1/s1. The van der Waals surface area contributed by atoms with Crippen molar-refractivity contribution in [2.24, 2.45) is 5.41 Å². The van der Waals surface area contributed by atoms with Crippen molar-refractivity contribution in [1.82, 2.24) is 5.32 Å². The molecule has 1 heterocycles. The Morgan fingerprint density at radius 1 is 1.10 bits per heavy atom. The molecule has 10 heteroatoms. The quantitative estimate of drug-likeness (QED) is 0.291. The van der Waals surface area contributed by atoms with E-state index in [9.17, 15) is 20.0 Å². The second-order valence-corrected chi connectivity index (χ2v) is 11.9. The smallest absolute Gasteiger partial charge is 0.335 e. The summed E-state index contributed by atoms with van der Waals surface area (Å²) in [6.07, 6.45) is 0.332. The Morgan fingerprint density at radius 2 is 1.77 bits per heavy atom. The molecule has 1 saturated heterocycles. The van der Waals surface area contributed by atoms with Crippen molar-refractivity contribution in [2.75, 3.05) is 5.32 Å². The Bertz CT molecular complexity index is 1500. The van der Waals surface area contributed by atoms with Crippen molar-refractivity contribution in [3.63, 3.8) is 0 Å². The third-order valence-electron chi connectivity index (χ3n) is 7.13. The van der Waals surface area contributed by atoms with E-state index in [-0.39, 0.29) is 32.2 Å². The van der Waals surface area contributed by atoms with E-state index in [0.717, 1.165) is 6.07 Å². The van der Waals surface area contributed by atoms with Crippen molar-refractivity contribution in [3.05, 3.63) is 99.0 Å². The van der Waals surface area contributed by atoms with E-state index in [1.54, 1.807) is 0 Å². The summed E-state index contributed by atoms with van der Waals surface area (Å²) in [7, 11) is 0. The number of rotatable bonds is 6. The molecule has 0 radical (unpaired) electrons. The number of nitrogens with one attached hydrogen (secondary N) is 2. The number of aromatic carboxylic acids is 1. The number of halogens is 4. The summed E-state index contributed by atoms with van der Waals surface area (Å²) in [4.78, 5) is 25.1. The molecular formula is C30H27Cl2F2N3O3. The average molecular weight is 586 g/mol. The molecule has 0 unspecified atom stereocenters. The van der Waals surface area contributed by atoms with Crippen LogP contribution in [0, 0.1) is 28.4 Å². The molecule has 1 amide bonds. The second kappa shape index (κ2) is 11.2. The SMILES string of the molecule is CC(C)(C)C[C@H]1N[C@H](C(=O)Nc2ccc(C(=O)O)cc2)[C@@H](c2cccc(Cl)c2F)[C@]1(C#N)c1ccc(Cl)cc1F. The number of carbonyl (C=O) groups is 2. The largest absolute Gasteiger partial charge is 0.478 e. The van der Waals surface area contributed by atoms with Gasteiger partial charge in [0.2, 0.25) is 5.91 Å². The van der Waals surface area contributed by atoms with Gasteiger partial charge in [-0.25, -0.2) is 13.6 Å². The third-order valence-corrected chi connectivity index (χ3v) is 7.66. The first-order valence-corrected chi connectivity index (χ1v) is 13.2. The van der Waals surface area contributed by atoms with Gasteiger partial charge in [0.15, 0.2) is 0 Å². The normalized spacial score (nSPS) is 22.5. The molecule has 208 valence electrons. The molecule has 3 aromatic rings. The molecule has 0 aliphatic carbocycles. The number of amides is 1. The molecule has 1 fully saturated rings. The van der Waals surface area contributed by atoms with Crippen LogP contribution in [0.15, 0.2) is 60.7 Å². The van der Waals surface area contributed by atoms with Gasteiger partial charge in [0.25, 0.3) is 0 Å². The summed E-state index contributed by atoms with van der Waals surface area (Å²) in [6.45, 7) is 5.84. The lowest BCUT2D eigenvalue weighted by atomic mass is 9.62. The maximum absolute atomic E-state index is 15.7. The summed E-state index contributed by atoms with van der Waals surface area (Å²) < 4.78 is 31.3. The highest BCUT2D eigenvalue weighted by Gasteiger charge is 2.61. The minimum Gasteiger partial charge on any atom is -0.478 e. The van der Waals surface area contributed by atoms with E-state index >= 15 is 8.78 Å². The van der Waals surface area contributed by atoms with Crippen LogP contribution in [0.3, 0.4) is 0 Å². The van der Waals surface area contributed by atoms with Gasteiger partial charge in [-0.1, -0.05) is 62.2 Å². The number of nitriles is 1. The number of carbonyl (C=O) groups excluding carboxylic acids is 1. The van der Waals surface area contributed by atoms with Gasteiger partial charge in [0, 0.05) is 28.2 Å². The van der Waals surface area contributed by atoms with Crippen LogP contribution in [0.2, 0.25) is 10.0 Å². The van der Waals surface area contributed by atoms with Gasteiger partial charge in [-0.2, -0.15) is 5.26 Å². The first-order valence-electron chi connectivity index (χ1n) is 12.5. The fraction of sp³-hybridized carbons (Fsp3) is 0.300. The topological polar surface area (TPSA) is 102 Å². The monoisotopic (exact) mass is 585 g/mol. The molecule has 3 N–H and O–H groups in total. The highest BCUT2D eigenvalue weighted by atomic mass is 35.5. The molecule has 0 saturated carbocycles. The van der Waals surface area contributed by atoms with Crippen LogP contribution >= 0.6 is 23.2 Å². The third kappa shape index (κ3) is 5.55. The number of hydrogen-bond acceptors (Lipinski definition) is 4. The van der Waals surface area contributed by atoms with Gasteiger partial charge < -0.3 is 15.7 Å². The lowest BCUT2D eigenvalue weighted by molar-refractivity contribution is -0.118. The van der Waals surface area contributed by atoms with E-state index in [2.05, 4.69) is 16.7 Å². The predicted molar refractivity (Wildman–Crippen MR) is 150 cm³/mol.